The number of hydrogen-bond acceptors (Lipinski definition) is 6. The van der Waals surface area contributed by atoms with Crippen LogP contribution in [0.15, 0.2) is 41.5 Å². The van der Waals surface area contributed by atoms with Gasteiger partial charge in [-0.3, -0.25) is 19.4 Å². The van der Waals surface area contributed by atoms with Crippen LogP contribution in [0.3, 0.4) is 0 Å². The van der Waals surface area contributed by atoms with Crippen LogP contribution in [0.1, 0.15) is 33.3 Å². The number of H-pyrrole nitrogens is 1. The molecule has 5 rings (SSSR count). The predicted molar refractivity (Wildman–Crippen MR) is 120 cm³/mol. The van der Waals surface area contributed by atoms with Gasteiger partial charge >= 0.3 is 0 Å². The first-order valence-corrected chi connectivity index (χ1v) is 10.7. The van der Waals surface area contributed by atoms with Crippen molar-refractivity contribution in [3.63, 3.8) is 0 Å². The van der Waals surface area contributed by atoms with Gasteiger partial charge in [-0.15, -0.1) is 0 Å². The molecule has 9 nitrogen and oxygen atoms in total. The van der Waals surface area contributed by atoms with Gasteiger partial charge < -0.3 is 20.1 Å². The molecule has 2 saturated heterocycles. The molecule has 0 saturated carbocycles. The number of carbonyl (C=O) groups excluding carboxylic acids is 2. The van der Waals surface area contributed by atoms with E-state index >= 15 is 0 Å². The molecule has 3 aromatic heterocycles. The highest BCUT2D eigenvalue weighted by atomic mass is 16.2. The average Bonchev–Trinajstić information content (AvgIpc) is 2.76. The summed E-state index contributed by atoms with van der Waals surface area (Å²) in [6, 6.07) is 7.11. The van der Waals surface area contributed by atoms with Crippen molar-refractivity contribution in [2.45, 2.75) is 13.3 Å². The molecule has 2 aliphatic heterocycles. The number of nitrogens with one attached hydrogen (secondary N) is 2. The summed E-state index contributed by atoms with van der Waals surface area (Å²) in [5, 5.41) is 2.56. The normalized spacial score (nSPS) is 16.6. The first-order chi connectivity index (χ1) is 15.4. The molecule has 0 radical (unpaired) electrons. The number of aryl methyl sites for hydroxylation is 1. The molecule has 2 N–H and O–H groups in total. The molecular weight excluding hydrogens is 408 g/mol. The number of rotatable bonds is 4. The number of aromatic amines is 1. The van der Waals surface area contributed by atoms with Crippen molar-refractivity contribution in [2.24, 2.45) is 5.41 Å². The van der Waals surface area contributed by atoms with Crippen LogP contribution in [0, 0.1) is 5.41 Å². The minimum Gasteiger partial charge on any atom is -0.369 e. The largest absolute Gasteiger partial charge is 0.369 e. The van der Waals surface area contributed by atoms with E-state index in [0.29, 0.717) is 47.4 Å². The minimum atomic E-state index is -0.206. The van der Waals surface area contributed by atoms with Gasteiger partial charge in [-0.25, -0.2) is 4.98 Å². The van der Waals surface area contributed by atoms with Gasteiger partial charge in [-0.1, -0.05) is 6.92 Å². The molecule has 0 aliphatic carbocycles. The highest BCUT2D eigenvalue weighted by molar-refractivity contribution is 5.97. The molecule has 164 valence electrons. The van der Waals surface area contributed by atoms with E-state index in [1.807, 2.05) is 17.9 Å². The van der Waals surface area contributed by atoms with Crippen molar-refractivity contribution in [2.75, 3.05) is 38.1 Å². The zero-order chi connectivity index (χ0) is 22.5. The maximum atomic E-state index is 12.9. The zero-order valence-corrected chi connectivity index (χ0v) is 18.0. The highest BCUT2D eigenvalue weighted by Gasteiger charge is 2.53. The van der Waals surface area contributed by atoms with Gasteiger partial charge in [0.2, 0.25) is 0 Å². The second-order valence-electron chi connectivity index (χ2n) is 8.63. The van der Waals surface area contributed by atoms with Gasteiger partial charge in [0.15, 0.2) is 0 Å². The highest BCUT2D eigenvalue weighted by Crippen LogP contribution is 2.42. The van der Waals surface area contributed by atoms with Crippen molar-refractivity contribution >= 4 is 28.5 Å². The number of likely N-dealkylation sites (tertiary alicyclic amines) is 1. The Kier molecular flexibility index (Phi) is 4.69. The molecule has 5 heterocycles. The van der Waals surface area contributed by atoms with Crippen LogP contribution in [0.2, 0.25) is 0 Å². The van der Waals surface area contributed by atoms with Crippen LogP contribution in [0.5, 0.6) is 0 Å². The third-order valence-corrected chi connectivity index (χ3v) is 6.36. The van der Waals surface area contributed by atoms with E-state index in [4.69, 9.17) is 0 Å². The summed E-state index contributed by atoms with van der Waals surface area (Å²) in [5.74, 6) is -0.275. The van der Waals surface area contributed by atoms with Gasteiger partial charge in [0, 0.05) is 50.4 Å². The first kappa shape index (κ1) is 20.2. The lowest BCUT2D eigenvalue weighted by atomic mass is 9.72. The summed E-state index contributed by atoms with van der Waals surface area (Å²) in [7, 11) is 1.58. The molecule has 0 bridgehead atoms. The molecule has 2 aliphatic rings. The van der Waals surface area contributed by atoms with E-state index in [9.17, 15) is 14.4 Å². The second kappa shape index (κ2) is 7.44. The van der Waals surface area contributed by atoms with Crippen molar-refractivity contribution < 1.29 is 9.59 Å². The third kappa shape index (κ3) is 3.30. The van der Waals surface area contributed by atoms with Gasteiger partial charge in [-0.2, -0.15) is 0 Å². The number of pyridine rings is 3. The van der Waals surface area contributed by atoms with E-state index in [2.05, 4.69) is 25.2 Å². The lowest BCUT2D eigenvalue weighted by molar-refractivity contribution is -0.0105. The fraction of sp³-hybridized carbons (Fsp3) is 0.348. The first-order valence-electron chi connectivity index (χ1n) is 10.7. The van der Waals surface area contributed by atoms with Crippen LogP contribution in [0.4, 0.5) is 5.69 Å². The minimum absolute atomic E-state index is 0.0690. The number of hydrogen-bond donors (Lipinski definition) is 2. The number of carbonyl (C=O) groups is 2. The molecule has 1 spiro atoms. The van der Waals surface area contributed by atoms with Gasteiger partial charge in [0.1, 0.15) is 5.69 Å². The molecule has 32 heavy (non-hydrogen) atoms. The second-order valence-corrected chi connectivity index (χ2v) is 8.63. The zero-order valence-electron chi connectivity index (χ0n) is 18.0. The summed E-state index contributed by atoms with van der Waals surface area (Å²) in [6.07, 6.45) is 3.93. The Labute approximate surface area is 184 Å². The molecule has 3 aromatic rings. The lowest BCUT2D eigenvalue weighted by Crippen LogP contribution is -2.73. The summed E-state index contributed by atoms with van der Waals surface area (Å²) < 4.78 is 0. The van der Waals surface area contributed by atoms with Crippen LogP contribution < -0.4 is 15.8 Å². The van der Waals surface area contributed by atoms with Crippen LogP contribution in [-0.2, 0) is 6.42 Å². The molecule has 2 amide bonds. The fourth-order valence-electron chi connectivity index (χ4n) is 4.57. The van der Waals surface area contributed by atoms with Crippen molar-refractivity contribution in [3.8, 4) is 0 Å². The summed E-state index contributed by atoms with van der Waals surface area (Å²) >= 11 is 0. The monoisotopic (exact) mass is 432 g/mol. The molecule has 0 atom stereocenters. The molecular formula is C23H24N6O3. The summed E-state index contributed by atoms with van der Waals surface area (Å²) in [4.78, 5) is 52.1. The van der Waals surface area contributed by atoms with Gasteiger partial charge in [0.05, 0.1) is 28.5 Å². The Bertz CT molecular complexity index is 1270. The van der Waals surface area contributed by atoms with E-state index in [1.54, 1.807) is 37.6 Å². The predicted octanol–water partition coefficient (Wildman–Crippen LogP) is 1.20. The Morgan fingerprint density at radius 2 is 1.91 bits per heavy atom. The van der Waals surface area contributed by atoms with Gasteiger partial charge in [-0.05, 0) is 30.7 Å². The van der Waals surface area contributed by atoms with Crippen LogP contribution in [0.25, 0.3) is 11.0 Å². The lowest BCUT2D eigenvalue weighted by Gasteiger charge is -2.60. The van der Waals surface area contributed by atoms with Crippen molar-refractivity contribution in [1.29, 1.82) is 0 Å². The number of anilines is 1. The number of amides is 2. The standard InChI is InChI=1S/C23H24N6O3/c1-3-14-6-18-19(27-20(14)30)7-15(8-25-18)22(32)29-12-23(13-29)10-28(11-23)16-4-5-17(26-9-16)21(31)24-2/h4-9H,3,10-13H2,1-2H3,(H,24,31)(H,27,30). The van der Waals surface area contributed by atoms with E-state index in [0.717, 1.165) is 18.8 Å². The molecule has 2 fully saturated rings. The summed E-state index contributed by atoms with van der Waals surface area (Å²) in [6.45, 7) is 5.00. The Balaban J connectivity index is 1.22. The quantitative estimate of drug-likeness (QED) is 0.641. The van der Waals surface area contributed by atoms with Crippen molar-refractivity contribution in [1.82, 2.24) is 25.2 Å². The number of aromatic nitrogens is 3. The Morgan fingerprint density at radius 3 is 2.56 bits per heavy atom. The van der Waals surface area contributed by atoms with E-state index in [-0.39, 0.29) is 22.8 Å². The maximum absolute atomic E-state index is 12.9. The van der Waals surface area contributed by atoms with E-state index < -0.39 is 0 Å². The van der Waals surface area contributed by atoms with Gasteiger partial charge in [0.25, 0.3) is 17.4 Å². The Hall–Kier alpha value is -3.75. The maximum Gasteiger partial charge on any atom is 0.269 e. The molecule has 9 heteroatoms. The number of nitrogens with zero attached hydrogens (tertiary/aromatic N) is 4. The smallest absolute Gasteiger partial charge is 0.269 e. The van der Waals surface area contributed by atoms with Crippen LogP contribution >= 0.6 is 0 Å². The Morgan fingerprint density at radius 1 is 1.12 bits per heavy atom. The third-order valence-electron chi connectivity index (χ3n) is 6.36. The summed E-state index contributed by atoms with van der Waals surface area (Å²) in [5.41, 5.74) is 3.76. The number of fused-ring (bicyclic) bond motifs is 1. The molecule has 0 aromatic carbocycles. The van der Waals surface area contributed by atoms with Crippen LogP contribution in [-0.4, -0.2) is 64.9 Å². The average molecular weight is 432 g/mol. The topological polar surface area (TPSA) is 111 Å². The SMILES string of the molecule is CCc1cc2ncc(C(=O)N3CC4(C3)CN(c3ccc(C(=O)NC)nc3)C4)cc2[nH]c1=O. The fourth-order valence-corrected chi connectivity index (χ4v) is 4.57. The van der Waals surface area contributed by atoms with E-state index in [1.165, 1.54) is 0 Å². The molecule has 0 unspecified atom stereocenters. The van der Waals surface area contributed by atoms with Crippen molar-refractivity contribution in [3.05, 3.63) is 63.8 Å².